The Hall–Kier alpha value is -2.17. The SMILES string of the molecule is CCc1cnc(CNc2cccc(OC(C)C)c2N)o1. The second-order valence-electron chi connectivity index (χ2n) is 4.81. The fraction of sp³-hybridized carbons (Fsp3) is 0.400. The van der Waals surface area contributed by atoms with Gasteiger partial charge in [-0.3, -0.25) is 0 Å². The molecule has 0 aliphatic heterocycles. The third-order valence-corrected chi connectivity index (χ3v) is 2.81. The monoisotopic (exact) mass is 275 g/mol. The molecule has 1 heterocycles. The van der Waals surface area contributed by atoms with Crippen LogP contribution in [0.25, 0.3) is 0 Å². The third kappa shape index (κ3) is 3.44. The van der Waals surface area contributed by atoms with Crippen LogP contribution in [0.15, 0.2) is 28.8 Å². The van der Waals surface area contributed by atoms with Crippen molar-refractivity contribution in [3.63, 3.8) is 0 Å². The first-order valence-electron chi connectivity index (χ1n) is 6.82. The highest BCUT2D eigenvalue weighted by Crippen LogP contribution is 2.30. The van der Waals surface area contributed by atoms with Crippen LogP contribution in [0.2, 0.25) is 0 Å². The molecule has 2 aromatic rings. The summed E-state index contributed by atoms with van der Waals surface area (Å²) in [5, 5.41) is 3.22. The zero-order valence-corrected chi connectivity index (χ0v) is 12.1. The Morgan fingerprint density at radius 2 is 2.20 bits per heavy atom. The number of nitrogens with zero attached hydrogens (tertiary/aromatic N) is 1. The Balaban J connectivity index is 2.05. The Morgan fingerprint density at radius 3 is 2.85 bits per heavy atom. The van der Waals surface area contributed by atoms with E-state index < -0.39 is 0 Å². The fourth-order valence-corrected chi connectivity index (χ4v) is 1.82. The molecule has 0 aliphatic carbocycles. The largest absolute Gasteiger partial charge is 0.489 e. The molecule has 3 N–H and O–H groups in total. The third-order valence-electron chi connectivity index (χ3n) is 2.81. The second kappa shape index (κ2) is 6.32. The van der Waals surface area contributed by atoms with Crippen molar-refractivity contribution in [1.29, 1.82) is 0 Å². The number of oxazole rings is 1. The van der Waals surface area contributed by atoms with Crippen LogP contribution >= 0.6 is 0 Å². The van der Waals surface area contributed by atoms with Gasteiger partial charge in [-0.25, -0.2) is 4.98 Å². The lowest BCUT2D eigenvalue weighted by atomic mass is 10.2. The molecule has 0 bridgehead atoms. The van der Waals surface area contributed by atoms with E-state index in [1.165, 1.54) is 0 Å². The van der Waals surface area contributed by atoms with E-state index in [0.29, 0.717) is 23.9 Å². The lowest BCUT2D eigenvalue weighted by Crippen LogP contribution is -2.09. The number of aryl methyl sites for hydroxylation is 1. The fourth-order valence-electron chi connectivity index (χ4n) is 1.82. The molecule has 0 fully saturated rings. The molecule has 0 spiro atoms. The molecule has 0 saturated carbocycles. The van der Waals surface area contributed by atoms with Crippen LogP contribution in [-0.4, -0.2) is 11.1 Å². The van der Waals surface area contributed by atoms with E-state index in [-0.39, 0.29) is 6.10 Å². The number of anilines is 2. The molecular formula is C15H21N3O2. The van der Waals surface area contributed by atoms with Gasteiger partial charge in [0.15, 0.2) is 0 Å². The Kier molecular flexibility index (Phi) is 4.50. The number of para-hydroxylation sites is 1. The van der Waals surface area contributed by atoms with Crippen LogP contribution in [-0.2, 0) is 13.0 Å². The molecule has 0 amide bonds. The topological polar surface area (TPSA) is 73.3 Å². The number of hydrogen-bond acceptors (Lipinski definition) is 5. The highest BCUT2D eigenvalue weighted by Gasteiger charge is 2.08. The molecule has 20 heavy (non-hydrogen) atoms. The van der Waals surface area contributed by atoms with Gasteiger partial charge in [0.05, 0.1) is 30.2 Å². The number of benzene rings is 1. The van der Waals surface area contributed by atoms with E-state index in [0.717, 1.165) is 17.9 Å². The first kappa shape index (κ1) is 14.2. The van der Waals surface area contributed by atoms with Gasteiger partial charge in [0.25, 0.3) is 0 Å². The molecule has 0 unspecified atom stereocenters. The number of aromatic nitrogens is 1. The van der Waals surface area contributed by atoms with Crippen molar-refractivity contribution in [1.82, 2.24) is 4.98 Å². The number of hydrogen-bond donors (Lipinski definition) is 2. The minimum Gasteiger partial charge on any atom is -0.489 e. The van der Waals surface area contributed by atoms with Gasteiger partial charge >= 0.3 is 0 Å². The molecule has 1 aromatic carbocycles. The minimum atomic E-state index is 0.0893. The van der Waals surface area contributed by atoms with E-state index in [2.05, 4.69) is 10.3 Å². The molecule has 5 heteroatoms. The van der Waals surface area contributed by atoms with Crippen molar-refractivity contribution in [2.24, 2.45) is 0 Å². The first-order chi connectivity index (χ1) is 9.60. The first-order valence-corrected chi connectivity index (χ1v) is 6.82. The molecule has 5 nitrogen and oxygen atoms in total. The van der Waals surface area contributed by atoms with Crippen LogP contribution in [0.5, 0.6) is 5.75 Å². The van der Waals surface area contributed by atoms with E-state index in [4.69, 9.17) is 14.9 Å². The highest BCUT2D eigenvalue weighted by atomic mass is 16.5. The van der Waals surface area contributed by atoms with Gasteiger partial charge in [-0.05, 0) is 26.0 Å². The van der Waals surface area contributed by atoms with Crippen LogP contribution in [0.4, 0.5) is 11.4 Å². The van der Waals surface area contributed by atoms with Crippen LogP contribution in [0.1, 0.15) is 32.4 Å². The van der Waals surface area contributed by atoms with Crippen molar-refractivity contribution >= 4 is 11.4 Å². The Morgan fingerprint density at radius 1 is 1.40 bits per heavy atom. The zero-order chi connectivity index (χ0) is 14.5. The van der Waals surface area contributed by atoms with Crippen molar-refractivity contribution < 1.29 is 9.15 Å². The summed E-state index contributed by atoms with van der Waals surface area (Å²) in [6.45, 7) is 6.47. The van der Waals surface area contributed by atoms with E-state index in [1.54, 1.807) is 6.20 Å². The minimum absolute atomic E-state index is 0.0893. The van der Waals surface area contributed by atoms with Gasteiger partial charge in [0, 0.05) is 6.42 Å². The summed E-state index contributed by atoms with van der Waals surface area (Å²) in [6.07, 6.45) is 2.68. The Labute approximate surface area is 119 Å². The lowest BCUT2D eigenvalue weighted by molar-refractivity contribution is 0.244. The number of ether oxygens (including phenoxy) is 1. The number of nitrogens with one attached hydrogen (secondary N) is 1. The molecule has 2 rings (SSSR count). The Bertz CT molecular complexity index is 564. The molecule has 1 aromatic heterocycles. The number of nitrogen functional groups attached to an aromatic ring is 1. The average Bonchev–Trinajstić information content (AvgIpc) is 2.87. The summed E-state index contributed by atoms with van der Waals surface area (Å²) in [5.41, 5.74) is 7.51. The maximum absolute atomic E-state index is 6.09. The van der Waals surface area contributed by atoms with Gasteiger partial charge in [0.2, 0.25) is 5.89 Å². The number of nitrogens with two attached hydrogens (primary N) is 1. The molecular weight excluding hydrogens is 254 g/mol. The second-order valence-corrected chi connectivity index (χ2v) is 4.81. The lowest BCUT2D eigenvalue weighted by Gasteiger charge is -2.15. The molecule has 0 atom stereocenters. The molecule has 0 radical (unpaired) electrons. The van der Waals surface area contributed by atoms with Crippen molar-refractivity contribution in [3.8, 4) is 5.75 Å². The summed E-state index contributed by atoms with van der Waals surface area (Å²) in [4.78, 5) is 4.20. The number of rotatable bonds is 6. The van der Waals surface area contributed by atoms with Crippen molar-refractivity contribution in [3.05, 3.63) is 36.0 Å². The molecule has 108 valence electrons. The van der Waals surface area contributed by atoms with Gasteiger partial charge in [-0.15, -0.1) is 0 Å². The van der Waals surface area contributed by atoms with E-state index in [9.17, 15) is 0 Å². The predicted molar refractivity (Wildman–Crippen MR) is 79.8 cm³/mol. The van der Waals surface area contributed by atoms with Crippen LogP contribution in [0.3, 0.4) is 0 Å². The van der Waals surface area contributed by atoms with Gasteiger partial charge < -0.3 is 20.2 Å². The summed E-state index contributed by atoms with van der Waals surface area (Å²) in [6, 6.07) is 5.68. The summed E-state index contributed by atoms with van der Waals surface area (Å²) >= 11 is 0. The molecule has 0 aliphatic rings. The molecule has 0 saturated heterocycles. The summed E-state index contributed by atoms with van der Waals surface area (Å²) < 4.78 is 11.2. The van der Waals surface area contributed by atoms with Crippen LogP contribution in [0, 0.1) is 0 Å². The van der Waals surface area contributed by atoms with E-state index in [1.807, 2.05) is 39.0 Å². The summed E-state index contributed by atoms with van der Waals surface area (Å²) in [7, 11) is 0. The van der Waals surface area contributed by atoms with Gasteiger partial charge in [-0.1, -0.05) is 13.0 Å². The highest BCUT2D eigenvalue weighted by molar-refractivity contribution is 5.72. The van der Waals surface area contributed by atoms with Crippen molar-refractivity contribution in [2.75, 3.05) is 11.1 Å². The van der Waals surface area contributed by atoms with Crippen LogP contribution < -0.4 is 15.8 Å². The maximum atomic E-state index is 6.09. The standard InChI is InChI=1S/C15H21N3O2/c1-4-11-8-18-14(20-11)9-17-12-6-5-7-13(15(12)16)19-10(2)3/h5-8,10,17H,4,9,16H2,1-3H3. The predicted octanol–water partition coefficient (Wildman–Crippen LogP) is 3.22. The van der Waals surface area contributed by atoms with E-state index >= 15 is 0 Å². The van der Waals surface area contributed by atoms with Gasteiger partial charge in [0.1, 0.15) is 11.5 Å². The quantitative estimate of drug-likeness (QED) is 0.792. The van der Waals surface area contributed by atoms with Crippen molar-refractivity contribution in [2.45, 2.75) is 39.8 Å². The smallest absolute Gasteiger partial charge is 0.213 e. The van der Waals surface area contributed by atoms with Gasteiger partial charge in [-0.2, -0.15) is 0 Å². The summed E-state index contributed by atoms with van der Waals surface area (Å²) in [5.74, 6) is 2.22. The normalized spacial score (nSPS) is 10.8. The zero-order valence-electron chi connectivity index (χ0n) is 12.1. The average molecular weight is 275 g/mol. The maximum Gasteiger partial charge on any atom is 0.213 e.